The molecule has 74 valence electrons. The first-order valence-electron chi connectivity index (χ1n) is 5.21. The number of ether oxygens (including phenoxy) is 1. The molecule has 1 saturated carbocycles. The number of rotatable bonds is 1. The monoisotopic (exact) mass is 190 g/mol. The molecule has 0 aromatic carbocycles. The van der Waals surface area contributed by atoms with Crippen molar-refractivity contribution in [3.63, 3.8) is 0 Å². The number of carbonyl (C=O) groups excluding carboxylic acids is 1. The maximum Gasteiger partial charge on any atom is 0.334 e. The van der Waals surface area contributed by atoms with Crippen LogP contribution in [0.2, 0.25) is 0 Å². The van der Waals surface area contributed by atoms with Gasteiger partial charge in [0.05, 0.1) is 7.11 Å². The molecule has 2 heteroatoms. The van der Waals surface area contributed by atoms with Crippen molar-refractivity contribution in [2.24, 2.45) is 23.7 Å². The van der Waals surface area contributed by atoms with Crippen LogP contribution in [0.15, 0.2) is 23.3 Å². The Morgan fingerprint density at radius 2 is 2.00 bits per heavy atom. The van der Waals surface area contributed by atoms with E-state index in [0.29, 0.717) is 23.7 Å². The number of esters is 1. The van der Waals surface area contributed by atoms with Gasteiger partial charge in [0.25, 0.3) is 0 Å². The molecular formula is C12H14O2. The van der Waals surface area contributed by atoms with Gasteiger partial charge >= 0.3 is 5.97 Å². The van der Waals surface area contributed by atoms with Crippen molar-refractivity contribution in [2.75, 3.05) is 7.11 Å². The molecule has 14 heavy (non-hydrogen) atoms. The van der Waals surface area contributed by atoms with Crippen LogP contribution in [-0.4, -0.2) is 13.1 Å². The lowest BCUT2D eigenvalue weighted by molar-refractivity contribution is -0.137. The van der Waals surface area contributed by atoms with Gasteiger partial charge in [-0.2, -0.15) is 0 Å². The lowest BCUT2D eigenvalue weighted by Gasteiger charge is -2.40. The van der Waals surface area contributed by atoms with Gasteiger partial charge in [-0.1, -0.05) is 17.7 Å². The Bertz CT molecular complexity index is 365. The fraction of sp³-hybridized carbons (Fsp3) is 0.583. The highest BCUT2D eigenvalue weighted by molar-refractivity contribution is 5.92. The Balaban J connectivity index is 1.96. The van der Waals surface area contributed by atoms with Gasteiger partial charge in [0.2, 0.25) is 0 Å². The Labute approximate surface area is 83.6 Å². The van der Waals surface area contributed by atoms with E-state index in [1.807, 2.05) is 0 Å². The molecule has 0 radical (unpaired) electrons. The molecule has 0 aromatic rings. The highest BCUT2D eigenvalue weighted by Crippen LogP contribution is 2.60. The summed E-state index contributed by atoms with van der Waals surface area (Å²) < 4.78 is 4.82. The van der Waals surface area contributed by atoms with Crippen molar-refractivity contribution >= 4 is 5.97 Å². The second-order valence-corrected chi connectivity index (χ2v) is 4.59. The SMILES string of the molecule is COC(=O)C1=C(C)C2C3C=CC(C3)C12. The molecule has 0 amide bonds. The summed E-state index contributed by atoms with van der Waals surface area (Å²) in [7, 11) is 1.47. The average Bonchev–Trinajstić information content (AvgIpc) is 2.73. The van der Waals surface area contributed by atoms with Crippen LogP contribution in [0.25, 0.3) is 0 Å². The molecule has 3 aliphatic carbocycles. The van der Waals surface area contributed by atoms with Crippen LogP contribution in [0.3, 0.4) is 0 Å². The first-order chi connectivity index (χ1) is 6.74. The molecule has 4 atom stereocenters. The van der Waals surface area contributed by atoms with Crippen LogP contribution < -0.4 is 0 Å². The molecule has 0 heterocycles. The minimum atomic E-state index is -0.107. The summed E-state index contributed by atoms with van der Waals surface area (Å²) in [5.74, 6) is 2.35. The summed E-state index contributed by atoms with van der Waals surface area (Å²) in [6, 6.07) is 0. The van der Waals surface area contributed by atoms with Crippen LogP contribution in [0.5, 0.6) is 0 Å². The fourth-order valence-corrected chi connectivity index (χ4v) is 3.56. The van der Waals surface area contributed by atoms with Crippen molar-refractivity contribution in [1.82, 2.24) is 0 Å². The van der Waals surface area contributed by atoms with Gasteiger partial charge in [-0.05, 0) is 31.1 Å². The molecule has 0 saturated heterocycles. The van der Waals surface area contributed by atoms with E-state index in [9.17, 15) is 4.79 Å². The van der Waals surface area contributed by atoms with Crippen LogP contribution in [0.4, 0.5) is 0 Å². The number of hydrogen-bond donors (Lipinski definition) is 0. The molecule has 1 fully saturated rings. The third-order valence-electron chi connectivity index (χ3n) is 4.12. The standard InChI is InChI=1S/C12H14O2/c1-6-9-7-3-4-8(5-7)11(9)10(6)12(13)14-2/h3-4,7-9,11H,5H2,1-2H3. The Morgan fingerprint density at radius 3 is 2.64 bits per heavy atom. The van der Waals surface area contributed by atoms with Crippen molar-refractivity contribution in [1.29, 1.82) is 0 Å². The largest absolute Gasteiger partial charge is 0.466 e. The van der Waals surface area contributed by atoms with Crippen molar-refractivity contribution in [3.05, 3.63) is 23.3 Å². The number of allylic oxidation sites excluding steroid dienone is 3. The van der Waals surface area contributed by atoms with Gasteiger partial charge in [0.15, 0.2) is 0 Å². The van der Waals surface area contributed by atoms with Gasteiger partial charge in [-0.15, -0.1) is 0 Å². The van der Waals surface area contributed by atoms with E-state index in [0.717, 1.165) is 5.57 Å². The normalized spacial score (nSPS) is 42.4. The van der Waals surface area contributed by atoms with E-state index in [2.05, 4.69) is 19.1 Å². The number of hydrogen-bond acceptors (Lipinski definition) is 2. The van der Waals surface area contributed by atoms with E-state index < -0.39 is 0 Å². The van der Waals surface area contributed by atoms with Crippen LogP contribution in [0, 0.1) is 23.7 Å². The number of carbonyl (C=O) groups is 1. The Morgan fingerprint density at radius 1 is 1.36 bits per heavy atom. The molecule has 0 N–H and O–H groups in total. The third kappa shape index (κ3) is 0.753. The smallest absolute Gasteiger partial charge is 0.334 e. The fourth-order valence-electron chi connectivity index (χ4n) is 3.56. The molecule has 0 aliphatic heterocycles. The summed E-state index contributed by atoms with van der Waals surface area (Å²) in [6.45, 7) is 2.09. The van der Waals surface area contributed by atoms with E-state index in [1.54, 1.807) is 0 Å². The van der Waals surface area contributed by atoms with Crippen LogP contribution in [-0.2, 0) is 9.53 Å². The van der Waals surface area contributed by atoms with Gasteiger partial charge in [-0.3, -0.25) is 0 Å². The third-order valence-corrected chi connectivity index (χ3v) is 4.12. The number of methoxy groups -OCH3 is 1. The Hall–Kier alpha value is -1.05. The Kier molecular flexibility index (Phi) is 1.48. The van der Waals surface area contributed by atoms with Crippen LogP contribution >= 0.6 is 0 Å². The van der Waals surface area contributed by atoms with E-state index in [4.69, 9.17) is 4.74 Å². The van der Waals surface area contributed by atoms with Crippen molar-refractivity contribution in [2.45, 2.75) is 13.3 Å². The molecule has 0 aromatic heterocycles. The van der Waals surface area contributed by atoms with Crippen LogP contribution in [0.1, 0.15) is 13.3 Å². The minimum absolute atomic E-state index is 0.107. The van der Waals surface area contributed by atoms with E-state index in [1.165, 1.54) is 19.1 Å². The molecule has 2 nitrogen and oxygen atoms in total. The molecule has 3 rings (SSSR count). The molecule has 3 aliphatic rings. The maximum atomic E-state index is 11.5. The lowest BCUT2D eigenvalue weighted by atomic mass is 9.63. The van der Waals surface area contributed by atoms with E-state index >= 15 is 0 Å². The zero-order chi connectivity index (χ0) is 9.87. The van der Waals surface area contributed by atoms with Gasteiger partial charge < -0.3 is 4.74 Å². The molecule has 0 spiro atoms. The van der Waals surface area contributed by atoms with E-state index in [-0.39, 0.29) is 5.97 Å². The topological polar surface area (TPSA) is 26.3 Å². The predicted molar refractivity (Wildman–Crippen MR) is 52.4 cm³/mol. The second-order valence-electron chi connectivity index (χ2n) is 4.59. The zero-order valence-corrected chi connectivity index (χ0v) is 8.49. The molecule has 2 bridgehead atoms. The second kappa shape index (κ2) is 2.50. The van der Waals surface area contributed by atoms with Gasteiger partial charge in [-0.25, -0.2) is 4.79 Å². The first kappa shape index (κ1) is 8.27. The zero-order valence-electron chi connectivity index (χ0n) is 8.49. The maximum absolute atomic E-state index is 11.5. The molecular weight excluding hydrogens is 176 g/mol. The van der Waals surface area contributed by atoms with Crippen molar-refractivity contribution < 1.29 is 9.53 Å². The van der Waals surface area contributed by atoms with Crippen molar-refractivity contribution in [3.8, 4) is 0 Å². The van der Waals surface area contributed by atoms with Gasteiger partial charge in [0.1, 0.15) is 0 Å². The summed E-state index contributed by atoms with van der Waals surface area (Å²) in [4.78, 5) is 11.5. The molecule has 4 unspecified atom stereocenters. The average molecular weight is 190 g/mol. The quantitative estimate of drug-likeness (QED) is 0.466. The summed E-state index contributed by atoms with van der Waals surface area (Å²) in [5.41, 5.74) is 2.24. The summed E-state index contributed by atoms with van der Waals surface area (Å²) >= 11 is 0. The first-order valence-corrected chi connectivity index (χ1v) is 5.21. The summed E-state index contributed by atoms with van der Waals surface area (Å²) in [6.07, 6.45) is 5.85. The highest BCUT2D eigenvalue weighted by atomic mass is 16.5. The predicted octanol–water partition coefficient (Wildman–Crippen LogP) is 1.93. The number of fused-ring (bicyclic) bond motifs is 5. The van der Waals surface area contributed by atoms with Gasteiger partial charge in [0, 0.05) is 11.5 Å². The lowest BCUT2D eigenvalue weighted by Crippen LogP contribution is -2.37. The highest BCUT2D eigenvalue weighted by Gasteiger charge is 2.55. The minimum Gasteiger partial charge on any atom is -0.466 e. The summed E-state index contributed by atoms with van der Waals surface area (Å²) in [5, 5.41) is 0.